The van der Waals surface area contributed by atoms with E-state index in [-0.39, 0.29) is 0 Å². The molecule has 1 aromatic carbocycles. The molecular weight excluding hydrogens is 260 g/mol. The van der Waals surface area contributed by atoms with E-state index < -0.39 is 0 Å². The van der Waals surface area contributed by atoms with Crippen LogP contribution in [0.5, 0.6) is 0 Å². The molecule has 0 amide bonds. The molecule has 0 aliphatic heterocycles. The minimum absolute atomic E-state index is 0.421. The number of nitrogens with zero attached hydrogens (tertiary/aromatic N) is 4. The van der Waals surface area contributed by atoms with Crippen molar-refractivity contribution in [2.75, 3.05) is 0 Å². The molecule has 0 bridgehead atoms. The zero-order valence-corrected chi connectivity index (χ0v) is 12.4. The Balaban J connectivity index is 2.15. The van der Waals surface area contributed by atoms with Crippen molar-refractivity contribution >= 4 is 11.0 Å². The van der Waals surface area contributed by atoms with Gasteiger partial charge < -0.3 is 0 Å². The van der Waals surface area contributed by atoms with Crippen LogP contribution in [-0.2, 0) is 6.54 Å². The topological polar surface area (TPSA) is 54.5 Å². The maximum absolute atomic E-state index is 9.03. The number of rotatable bonds is 2. The zero-order valence-electron chi connectivity index (χ0n) is 12.4. The first-order valence-electron chi connectivity index (χ1n) is 6.89. The van der Waals surface area contributed by atoms with E-state index in [4.69, 9.17) is 5.26 Å². The van der Waals surface area contributed by atoms with Crippen molar-refractivity contribution in [3.63, 3.8) is 0 Å². The standard InChI is InChI=1S/C17H16N4/c1-11-5-4-6-12(2)16(11)10-21-17-15(13(3)20-21)8-7-14(9-18)19-17/h4-8H,10H2,1-3H3. The number of pyridine rings is 1. The third-order valence-electron chi connectivity index (χ3n) is 3.85. The fraction of sp³-hybridized carbons (Fsp3) is 0.235. The summed E-state index contributed by atoms with van der Waals surface area (Å²) in [6.07, 6.45) is 0. The van der Waals surface area contributed by atoms with Crippen LogP contribution in [0.4, 0.5) is 0 Å². The molecule has 3 aromatic rings. The van der Waals surface area contributed by atoms with E-state index in [1.807, 2.05) is 17.7 Å². The van der Waals surface area contributed by atoms with E-state index in [2.05, 4.69) is 48.2 Å². The summed E-state index contributed by atoms with van der Waals surface area (Å²) in [7, 11) is 0. The van der Waals surface area contributed by atoms with E-state index in [0.29, 0.717) is 12.2 Å². The van der Waals surface area contributed by atoms with Crippen molar-refractivity contribution in [1.82, 2.24) is 14.8 Å². The van der Waals surface area contributed by atoms with Gasteiger partial charge in [0.25, 0.3) is 0 Å². The second-order valence-electron chi connectivity index (χ2n) is 5.29. The predicted octanol–water partition coefficient (Wildman–Crippen LogP) is 3.28. The summed E-state index contributed by atoms with van der Waals surface area (Å²) in [5.74, 6) is 0. The third kappa shape index (κ3) is 2.27. The van der Waals surface area contributed by atoms with Crippen LogP contribution in [0.2, 0.25) is 0 Å². The van der Waals surface area contributed by atoms with E-state index >= 15 is 0 Å². The van der Waals surface area contributed by atoms with Crippen molar-refractivity contribution in [3.05, 3.63) is 58.4 Å². The molecule has 4 nitrogen and oxygen atoms in total. The van der Waals surface area contributed by atoms with Gasteiger partial charge in [0.1, 0.15) is 11.8 Å². The molecule has 0 saturated carbocycles. The van der Waals surface area contributed by atoms with Gasteiger partial charge in [-0.15, -0.1) is 0 Å². The number of aromatic nitrogens is 3. The van der Waals surface area contributed by atoms with Gasteiger partial charge >= 0.3 is 0 Å². The van der Waals surface area contributed by atoms with Gasteiger partial charge in [0, 0.05) is 5.39 Å². The largest absolute Gasteiger partial charge is 0.242 e. The van der Waals surface area contributed by atoms with Gasteiger partial charge in [-0.2, -0.15) is 10.4 Å². The summed E-state index contributed by atoms with van der Waals surface area (Å²) < 4.78 is 1.89. The number of aryl methyl sites for hydroxylation is 3. The smallest absolute Gasteiger partial charge is 0.159 e. The molecule has 0 N–H and O–H groups in total. The van der Waals surface area contributed by atoms with Gasteiger partial charge in [-0.1, -0.05) is 18.2 Å². The number of nitriles is 1. The Kier molecular flexibility index (Phi) is 3.19. The Hall–Kier alpha value is -2.67. The number of hydrogen-bond donors (Lipinski definition) is 0. The average molecular weight is 276 g/mol. The summed E-state index contributed by atoms with van der Waals surface area (Å²) in [5, 5.41) is 14.6. The van der Waals surface area contributed by atoms with Crippen LogP contribution in [-0.4, -0.2) is 14.8 Å². The van der Waals surface area contributed by atoms with E-state index in [1.54, 1.807) is 6.07 Å². The molecule has 104 valence electrons. The number of benzene rings is 1. The average Bonchev–Trinajstić information content (AvgIpc) is 2.79. The first kappa shape index (κ1) is 13.3. The lowest BCUT2D eigenvalue weighted by Gasteiger charge is -2.10. The molecule has 0 atom stereocenters. The Morgan fingerprint density at radius 1 is 1.10 bits per heavy atom. The molecule has 4 heteroatoms. The highest BCUT2D eigenvalue weighted by molar-refractivity contribution is 5.78. The summed E-state index contributed by atoms with van der Waals surface area (Å²) in [6, 6.07) is 12.0. The molecular formula is C17H16N4. The monoisotopic (exact) mass is 276 g/mol. The van der Waals surface area contributed by atoms with Crippen LogP contribution in [0.25, 0.3) is 11.0 Å². The molecule has 0 aliphatic carbocycles. The molecule has 0 radical (unpaired) electrons. The molecule has 0 fully saturated rings. The van der Waals surface area contributed by atoms with Crippen molar-refractivity contribution in [3.8, 4) is 6.07 Å². The van der Waals surface area contributed by atoms with E-state index in [0.717, 1.165) is 16.7 Å². The lowest BCUT2D eigenvalue weighted by Crippen LogP contribution is -2.06. The van der Waals surface area contributed by atoms with Crippen molar-refractivity contribution in [2.45, 2.75) is 27.3 Å². The van der Waals surface area contributed by atoms with Crippen molar-refractivity contribution in [2.24, 2.45) is 0 Å². The minimum Gasteiger partial charge on any atom is -0.242 e. The Labute approximate surface area is 123 Å². The highest BCUT2D eigenvalue weighted by Crippen LogP contribution is 2.20. The first-order valence-corrected chi connectivity index (χ1v) is 6.89. The van der Waals surface area contributed by atoms with Crippen LogP contribution in [0.1, 0.15) is 28.1 Å². The molecule has 0 saturated heterocycles. The normalized spacial score (nSPS) is 10.8. The van der Waals surface area contributed by atoms with E-state index in [1.165, 1.54) is 16.7 Å². The highest BCUT2D eigenvalue weighted by Gasteiger charge is 2.12. The Bertz CT molecular complexity index is 848. The first-order chi connectivity index (χ1) is 10.1. The molecule has 0 spiro atoms. The van der Waals surface area contributed by atoms with Gasteiger partial charge in [-0.25, -0.2) is 9.67 Å². The molecule has 2 heterocycles. The second-order valence-corrected chi connectivity index (χ2v) is 5.29. The van der Waals surface area contributed by atoms with Gasteiger partial charge in [0.2, 0.25) is 0 Å². The third-order valence-corrected chi connectivity index (χ3v) is 3.85. The van der Waals surface area contributed by atoms with Crippen LogP contribution in [0, 0.1) is 32.1 Å². The second kappa shape index (κ2) is 5.02. The summed E-state index contributed by atoms with van der Waals surface area (Å²) in [4.78, 5) is 4.41. The van der Waals surface area contributed by atoms with Crippen LogP contribution < -0.4 is 0 Å². The lowest BCUT2D eigenvalue weighted by molar-refractivity contribution is 0.690. The van der Waals surface area contributed by atoms with E-state index in [9.17, 15) is 0 Å². The lowest BCUT2D eigenvalue weighted by atomic mass is 10.0. The number of fused-ring (bicyclic) bond motifs is 1. The molecule has 3 rings (SSSR count). The minimum atomic E-state index is 0.421. The van der Waals surface area contributed by atoms with Gasteiger partial charge in [0.15, 0.2) is 5.65 Å². The van der Waals surface area contributed by atoms with Gasteiger partial charge in [-0.3, -0.25) is 0 Å². The maximum Gasteiger partial charge on any atom is 0.159 e. The molecule has 2 aromatic heterocycles. The maximum atomic E-state index is 9.03. The predicted molar refractivity (Wildman–Crippen MR) is 82.0 cm³/mol. The molecule has 0 unspecified atom stereocenters. The summed E-state index contributed by atoms with van der Waals surface area (Å²) in [6.45, 7) is 6.85. The van der Waals surface area contributed by atoms with Crippen LogP contribution in [0.3, 0.4) is 0 Å². The van der Waals surface area contributed by atoms with Crippen molar-refractivity contribution in [1.29, 1.82) is 5.26 Å². The highest BCUT2D eigenvalue weighted by atomic mass is 15.3. The summed E-state index contributed by atoms with van der Waals surface area (Å²) >= 11 is 0. The zero-order chi connectivity index (χ0) is 15.0. The summed E-state index contributed by atoms with van der Waals surface area (Å²) in [5.41, 5.74) is 5.87. The molecule has 21 heavy (non-hydrogen) atoms. The SMILES string of the molecule is Cc1cccc(C)c1Cn1nc(C)c2ccc(C#N)nc21. The molecule has 0 aliphatic rings. The van der Waals surface area contributed by atoms with Gasteiger partial charge in [-0.05, 0) is 49.6 Å². The fourth-order valence-electron chi connectivity index (χ4n) is 2.63. The number of hydrogen-bond acceptors (Lipinski definition) is 3. The quantitative estimate of drug-likeness (QED) is 0.721. The Morgan fingerprint density at radius 3 is 2.48 bits per heavy atom. The van der Waals surface area contributed by atoms with Crippen molar-refractivity contribution < 1.29 is 0 Å². The fourth-order valence-corrected chi connectivity index (χ4v) is 2.63. The Morgan fingerprint density at radius 2 is 1.81 bits per heavy atom. The van der Waals surface area contributed by atoms with Crippen LogP contribution in [0.15, 0.2) is 30.3 Å². The van der Waals surface area contributed by atoms with Gasteiger partial charge in [0.05, 0.1) is 12.2 Å². The van der Waals surface area contributed by atoms with Crippen LogP contribution >= 0.6 is 0 Å².